The van der Waals surface area contributed by atoms with Gasteiger partial charge in [-0.25, -0.2) is 9.07 Å². The minimum absolute atomic E-state index is 0.0215. The van der Waals surface area contributed by atoms with Crippen LogP contribution in [0.5, 0.6) is 0 Å². The van der Waals surface area contributed by atoms with Gasteiger partial charge < -0.3 is 0 Å². The SMILES string of the molecule is CC(C)C(=O)N1c2ncnn2[C@H](c2ccc(F)cc2)C[C@H]1c1ccc(Cl)cc1. The molecule has 5 nitrogen and oxygen atoms in total. The van der Waals surface area contributed by atoms with Crippen LogP contribution in [0.3, 0.4) is 0 Å². The lowest BCUT2D eigenvalue weighted by atomic mass is 9.91. The number of hydrogen-bond donors (Lipinski definition) is 0. The maximum absolute atomic E-state index is 13.4. The van der Waals surface area contributed by atoms with Crippen molar-refractivity contribution < 1.29 is 9.18 Å². The number of carbonyl (C=O) groups is 1. The first-order chi connectivity index (χ1) is 13.5. The van der Waals surface area contributed by atoms with Crippen molar-refractivity contribution in [1.29, 1.82) is 0 Å². The quantitative estimate of drug-likeness (QED) is 0.637. The summed E-state index contributed by atoms with van der Waals surface area (Å²) in [5.41, 5.74) is 1.89. The van der Waals surface area contributed by atoms with E-state index in [-0.39, 0.29) is 29.7 Å². The van der Waals surface area contributed by atoms with Crippen molar-refractivity contribution in [3.05, 3.63) is 76.8 Å². The van der Waals surface area contributed by atoms with Crippen LogP contribution in [0.25, 0.3) is 0 Å². The fraction of sp³-hybridized carbons (Fsp3) is 0.286. The standard InChI is InChI=1S/C21H20ClFN4O/c1-13(2)20(28)26-18(14-3-7-16(22)8-4-14)11-19(27-21(26)24-12-25-27)15-5-9-17(23)10-6-15/h3-10,12-13,18-19H,11H2,1-2H3/t18-,19-/m0/s1. The Hall–Kier alpha value is -2.73. The Morgan fingerprint density at radius 2 is 1.68 bits per heavy atom. The Morgan fingerprint density at radius 1 is 1.07 bits per heavy atom. The van der Waals surface area contributed by atoms with Crippen LogP contribution in [0.2, 0.25) is 5.02 Å². The highest BCUT2D eigenvalue weighted by atomic mass is 35.5. The smallest absolute Gasteiger partial charge is 0.232 e. The van der Waals surface area contributed by atoms with Crippen LogP contribution in [0, 0.1) is 11.7 Å². The Morgan fingerprint density at radius 3 is 2.32 bits per heavy atom. The van der Waals surface area contributed by atoms with Crippen LogP contribution in [0.15, 0.2) is 54.9 Å². The highest BCUT2D eigenvalue weighted by Gasteiger charge is 2.39. The van der Waals surface area contributed by atoms with Gasteiger partial charge >= 0.3 is 0 Å². The van der Waals surface area contributed by atoms with Gasteiger partial charge in [0, 0.05) is 10.9 Å². The molecule has 1 aliphatic heterocycles. The number of rotatable bonds is 3. The highest BCUT2D eigenvalue weighted by molar-refractivity contribution is 6.30. The van der Waals surface area contributed by atoms with Gasteiger partial charge in [-0.1, -0.05) is 49.7 Å². The molecule has 28 heavy (non-hydrogen) atoms. The van der Waals surface area contributed by atoms with E-state index in [1.54, 1.807) is 21.7 Å². The molecule has 2 aromatic carbocycles. The number of benzene rings is 2. The highest BCUT2D eigenvalue weighted by Crippen LogP contribution is 2.42. The molecular formula is C21H20ClFN4O. The second-order valence-corrected chi connectivity index (χ2v) is 7.67. The van der Waals surface area contributed by atoms with E-state index in [0.29, 0.717) is 17.4 Å². The van der Waals surface area contributed by atoms with E-state index >= 15 is 0 Å². The van der Waals surface area contributed by atoms with Gasteiger partial charge in [-0.15, -0.1) is 0 Å². The normalized spacial score (nSPS) is 19.0. The number of halogens is 2. The molecule has 2 heterocycles. The molecule has 0 spiro atoms. The van der Waals surface area contributed by atoms with Crippen molar-refractivity contribution >= 4 is 23.5 Å². The predicted molar refractivity (Wildman–Crippen MR) is 106 cm³/mol. The van der Waals surface area contributed by atoms with Crippen LogP contribution in [0.1, 0.15) is 43.5 Å². The Bertz CT molecular complexity index is 984. The molecule has 3 aromatic rings. The maximum Gasteiger partial charge on any atom is 0.232 e. The topological polar surface area (TPSA) is 51.0 Å². The molecule has 2 atom stereocenters. The summed E-state index contributed by atoms with van der Waals surface area (Å²) in [4.78, 5) is 19.2. The molecule has 144 valence electrons. The third kappa shape index (κ3) is 3.29. The van der Waals surface area contributed by atoms with Gasteiger partial charge in [0.1, 0.15) is 12.1 Å². The van der Waals surface area contributed by atoms with E-state index in [4.69, 9.17) is 11.6 Å². The Kier molecular flexibility index (Phi) is 4.89. The van der Waals surface area contributed by atoms with Crippen LogP contribution >= 0.6 is 11.6 Å². The largest absolute Gasteiger partial charge is 0.274 e. The average molecular weight is 399 g/mol. The van der Waals surface area contributed by atoms with Crippen molar-refractivity contribution in [3.63, 3.8) is 0 Å². The molecule has 1 aromatic heterocycles. The first kappa shape index (κ1) is 18.6. The molecule has 0 bridgehead atoms. The maximum atomic E-state index is 13.4. The van der Waals surface area contributed by atoms with E-state index < -0.39 is 0 Å². The zero-order chi connectivity index (χ0) is 19.8. The molecule has 0 saturated heterocycles. The van der Waals surface area contributed by atoms with Crippen LogP contribution in [-0.4, -0.2) is 20.7 Å². The predicted octanol–water partition coefficient (Wildman–Crippen LogP) is 4.79. The second-order valence-electron chi connectivity index (χ2n) is 7.24. The van der Waals surface area contributed by atoms with Gasteiger partial charge in [0.2, 0.25) is 11.9 Å². The monoisotopic (exact) mass is 398 g/mol. The van der Waals surface area contributed by atoms with Crippen molar-refractivity contribution in [2.45, 2.75) is 32.4 Å². The fourth-order valence-corrected chi connectivity index (χ4v) is 3.78. The van der Waals surface area contributed by atoms with Crippen LogP contribution < -0.4 is 4.90 Å². The molecular weight excluding hydrogens is 379 g/mol. The number of anilines is 1. The molecule has 0 fully saturated rings. The molecule has 0 saturated carbocycles. The summed E-state index contributed by atoms with van der Waals surface area (Å²) in [5.74, 6) is -0.00228. The minimum Gasteiger partial charge on any atom is -0.274 e. The first-order valence-electron chi connectivity index (χ1n) is 9.19. The number of aromatic nitrogens is 3. The molecule has 7 heteroatoms. The summed E-state index contributed by atoms with van der Waals surface area (Å²) in [7, 11) is 0. The zero-order valence-corrected chi connectivity index (χ0v) is 16.3. The van der Waals surface area contributed by atoms with Gasteiger partial charge in [-0.2, -0.15) is 10.1 Å². The number of amides is 1. The van der Waals surface area contributed by atoms with Crippen molar-refractivity contribution in [2.75, 3.05) is 4.90 Å². The first-order valence-corrected chi connectivity index (χ1v) is 9.57. The molecule has 0 aliphatic carbocycles. The minimum atomic E-state index is -0.288. The van der Waals surface area contributed by atoms with Gasteiger partial charge in [-0.3, -0.25) is 9.69 Å². The fourth-order valence-electron chi connectivity index (χ4n) is 3.66. The van der Waals surface area contributed by atoms with E-state index in [0.717, 1.165) is 11.1 Å². The lowest BCUT2D eigenvalue weighted by molar-refractivity contribution is -0.122. The summed E-state index contributed by atoms with van der Waals surface area (Å²) in [5, 5.41) is 5.01. The summed E-state index contributed by atoms with van der Waals surface area (Å²) < 4.78 is 15.2. The van der Waals surface area contributed by atoms with Crippen molar-refractivity contribution in [3.8, 4) is 0 Å². The molecule has 0 unspecified atom stereocenters. The number of fused-ring (bicyclic) bond motifs is 1. The third-order valence-electron chi connectivity index (χ3n) is 5.06. The van der Waals surface area contributed by atoms with Gasteiger partial charge in [-0.05, 0) is 41.8 Å². The second kappa shape index (κ2) is 7.36. The zero-order valence-electron chi connectivity index (χ0n) is 15.6. The number of hydrogen-bond acceptors (Lipinski definition) is 3. The Balaban J connectivity index is 1.84. The van der Waals surface area contributed by atoms with Crippen molar-refractivity contribution in [1.82, 2.24) is 14.8 Å². The van der Waals surface area contributed by atoms with Gasteiger partial charge in [0.05, 0.1) is 12.1 Å². The van der Waals surface area contributed by atoms with Crippen molar-refractivity contribution in [2.24, 2.45) is 5.92 Å². The summed E-state index contributed by atoms with van der Waals surface area (Å²) in [6, 6.07) is 13.5. The van der Waals surface area contributed by atoms with E-state index in [1.807, 2.05) is 38.1 Å². The van der Waals surface area contributed by atoms with Gasteiger partial charge in [0.25, 0.3) is 0 Å². The van der Waals surface area contributed by atoms with Gasteiger partial charge in [0.15, 0.2) is 0 Å². The lowest BCUT2D eigenvalue weighted by Gasteiger charge is -2.39. The lowest BCUT2D eigenvalue weighted by Crippen LogP contribution is -2.44. The summed E-state index contributed by atoms with van der Waals surface area (Å²) in [6.45, 7) is 3.74. The van der Waals surface area contributed by atoms with E-state index in [2.05, 4.69) is 10.1 Å². The molecule has 1 aliphatic rings. The van der Waals surface area contributed by atoms with E-state index in [9.17, 15) is 9.18 Å². The third-order valence-corrected chi connectivity index (χ3v) is 5.32. The molecule has 1 amide bonds. The van der Waals surface area contributed by atoms with Crippen LogP contribution in [0.4, 0.5) is 10.3 Å². The van der Waals surface area contributed by atoms with E-state index in [1.165, 1.54) is 18.5 Å². The molecule has 4 rings (SSSR count). The number of carbonyl (C=O) groups excluding carboxylic acids is 1. The summed E-state index contributed by atoms with van der Waals surface area (Å²) in [6.07, 6.45) is 2.05. The number of nitrogens with zero attached hydrogens (tertiary/aromatic N) is 4. The molecule has 0 radical (unpaired) electrons. The molecule has 0 N–H and O–H groups in total. The Labute approximate surface area is 167 Å². The summed E-state index contributed by atoms with van der Waals surface area (Å²) >= 11 is 6.06. The van der Waals surface area contributed by atoms with Crippen LogP contribution in [-0.2, 0) is 4.79 Å². The average Bonchev–Trinajstić information content (AvgIpc) is 3.17.